The number of rotatable bonds is 6. The third kappa shape index (κ3) is 4.51. The molecule has 1 fully saturated rings. The third-order valence-electron chi connectivity index (χ3n) is 4.26. The number of benzene rings is 1. The highest BCUT2D eigenvalue weighted by atomic mass is 32.2. The van der Waals surface area contributed by atoms with Crippen molar-refractivity contribution in [3.8, 4) is 0 Å². The molecule has 1 aromatic rings. The lowest BCUT2D eigenvalue weighted by molar-refractivity contribution is -0.387. The summed E-state index contributed by atoms with van der Waals surface area (Å²) in [4.78, 5) is 47.1. The largest absolute Gasteiger partial charge is 0.480 e. The van der Waals surface area contributed by atoms with Crippen LogP contribution in [0.2, 0.25) is 0 Å². The number of nitrogens with two attached hydrogens (primary N) is 1. The molecule has 140 valence electrons. The van der Waals surface area contributed by atoms with Crippen LogP contribution in [0.4, 0.5) is 5.69 Å². The highest BCUT2D eigenvalue weighted by molar-refractivity contribution is 8.00. The number of likely N-dealkylation sites (tertiary alicyclic amines) is 1. The van der Waals surface area contributed by atoms with Gasteiger partial charge in [-0.25, -0.2) is 4.79 Å². The van der Waals surface area contributed by atoms with Crippen LogP contribution in [0.1, 0.15) is 30.1 Å². The molecule has 0 aromatic heterocycles. The van der Waals surface area contributed by atoms with Gasteiger partial charge in [0.25, 0.3) is 5.69 Å². The third-order valence-corrected chi connectivity index (χ3v) is 5.31. The van der Waals surface area contributed by atoms with Crippen molar-refractivity contribution >= 4 is 35.2 Å². The summed E-state index contributed by atoms with van der Waals surface area (Å²) in [6.45, 7) is 2.29. The molecule has 0 spiro atoms. The maximum absolute atomic E-state index is 12.4. The lowest BCUT2D eigenvalue weighted by Crippen LogP contribution is -2.50. The van der Waals surface area contributed by atoms with Crippen molar-refractivity contribution < 1.29 is 24.4 Å². The first-order valence-electron chi connectivity index (χ1n) is 7.94. The summed E-state index contributed by atoms with van der Waals surface area (Å²) in [7, 11) is 0. The van der Waals surface area contributed by atoms with Crippen molar-refractivity contribution in [2.45, 2.75) is 30.7 Å². The minimum atomic E-state index is -1.05. The Hall–Kier alpha value is -2.62. The zero-order valence-electron chi connectivity index (χ0n) is 14.1. The van der Waals surface area contributed by atoms with Crippen molar-refractivity contribution in [2.24, 2.45) is 11.7 Å². The van der Waals surface area contributed by atoms with Crippen LogP contribution in [0, 0.1) is 16.0 Å². The second-order valence-corrected chi connectivity index (χ2v) is 7.18. The highest BCUT2D eigenvalue weighted by Gasteiger charge is 2.34. The van der Waals surface area contributed by atoms with E-state index in [1.807, 2.05) is 6.92 Å². The summed E-state index contributed by atoms with van der Waals surface area (Å²) in [5.41, 5.74) is 4.81. The van der Waals surface area contributed by atoms with Crippen LogP contribution in [0.15, 0.2) is 23.1 Å². The number of carbonyl (C=O) groups is 3. The molecule has 1 aromatic carbocycles. The Morgan fingerprint density at radius 2 is 2.12 bits per heavy atom. The molecule has 2 amide bonds. The van der Waals surface area contributed by atoms with Gasteiger partial charge in [-0.05, 0) is 30.9 Å². The van der Waals surface area contributed by atoms with Gasteiger partial charge < -0.3 is 15.7 Å². The van der Waals surface area contributed by atoms with Crippen LogP contribution in [-0.4, -0.2) is 51.1 Å². The van der Waals surface area contributed by atoms with E-state index in [9.17, 15) is 29.6 Å². The molecule has 1 saturated heterocycles. The van der Waals surface area contributed by atoms with E-state index < -0.39 is 22.8 Å². The Labute approximate surface area is 153 Å². The minimum Gasteiger partial charge on any atom is -0.480 e. The van der Waals surface area contributed by atoms with Crippen molar-refractivity contribution in [3.05, 3.63) is 33.9 Å². The standard InChI is InChI=1S/C16H19N3O6S/c1-9-4-5-18(12(6-9)16(22)23)14(20)8-26-13-3-2-10(15(17)21)7-11(13)19(24)25/h2-3,7,9,12H,4-6,8H2,1H3,(H2,17,21)(H,22,23). The summed E-state index contributed by atoms with van der Waals surface area (Å²) < 4.78 is 0. The fraction of sp³-hybridized carbons (Fsp3) is 0.438. The number of carboxylic acid groups (broad SMARTS) is 1. The molecule has 2 atom stereocenters. The lowest BCUT2D eigenvalue weighted by Gasteiger charge is -2.36. The zero-order chi connectivity index (χ0) is 19.4. The molecule has 2 rings (SSSR count). The van der Waals surface area contributed by atoms with Crippen LogP contribution in [0.5, 0.6) is 0 Å². The monoisotopic (exact) mass is 381 g/mol. The minimum absolute atomic E-state index is 0.00309. The Morgan fingerprint density at radius 3 is 2.69 bits per heavy atom. The molecule has 0 radical (unpaired) electrons. The molecule has 26 heavy (non-hydrogen) atoms. The van der Waals surface area contributed by atoms with Crippen LogP contribution in [0.25, 0.3) is 0 Å². The smallest absolute Gasteiger partial charge is 0.326 e. The van der Waals surface area contributed by atoms with E-state index >= 15 is 0 Å². The van der Waals surface area contributed by atoms with Crippen molar-refractivity contribution in [1.82, 2.24) is 4.90 Å². The number of nitro groups is 1. The van der Waals surface area contributed by atoms with E-state index in [4.69, 9.17) is 5.73 Å². The molecular formula is C16H19N3O6S. The normalized spacial score (nSPS) is 19.8. The van der Waals surface area contributed by atoms with Gasteiger partial charge in [0, 0.05) is 18.2 Å². The number of amides is 2. The van der Waals surface area contributed by atoms with Crippen LogP contribution in [0.3, 0.4) is 0 Å². The Bertz CT molecular complexity index is 754. The number of hydrogen-bond donors (Lipinski definition) is 2. The van der Waals surface area contributed by atoms with E-state index in [0.29, 0.717) is 19.4 Å². The number of hydrogen-bond acceptors (Lipinski definition) is 6. The first kappa shape index (κ1) is 19.7. The van der Waals surface area contributed by atoms with Gasteiger partial charge >= 0.3 is 5.97 Å². The van der Waals surface area contributed by atoms with E-state index in [1.165, 1.54) is 17.0 Å². The predicted molar refractivity (Wildman–Crippen MR) is 93.9 cm³/mol. The second-order valence-electron chi connectivity index (χ2n) is 6.16. The van der Waals surface area contributed by atoms with Gasteiger partial charge in [-0.2, -0.15) is 0 Å². The summed E-state index contributed by atoms with van der Waals surface area (Å²) in [6.07, 6.45) is 1.10. The van der Waals surface area contributed by atoms with Gasteiger partial charge in [-0.15, -0.1) is 11.8 Å². The Kier molecular flexibility index (Phi) is 6.19. The molecule has 1 aliphatic heterocycles. The summed E-state index contributed by atoms with van der Waals surface area (Å²) in [5.74, 6) is -2.13. The molecule has 10 heteroatoms. The topological polar surface area (TPSA) is 144 Å². The highest BCUT2D eigenvalue weighted by Crippen LogP contribution is 2.31. The van der Waals surface area contributed by atoms with Crippen LogP contribution >= 0.6 is 11.8 Å². The average molecular weight is 381 g/mol. The summed E-state index contributed by atoms with van der Waals surface area (Å²) >= 11 is 0.934. The fourth-order valence-electron chi connectivity index (χ4n) is 2.83. The quantitative estimate of drug-likeness (QED) is 0.431. The first-order valence-corrected chi connectivity index (χ1v) is 8.92. The van der Waals surface area contributed by atoms with E-state index in [2.05, 4.69) is 0 Å². The molecule has 3 N–H and O–H groups in total. The molecular weight excluding hydrogens is 362 g/mol. The van der Waals surface area contributed by atoms with Crippen molar-refractivity contribution in [1.29, 1.82) is 0 Å². The summed E-state index contributed by atoms with van der Waals surface area (Å²) in [5, 5.41) is 20.5. The zero-order valence-corrected chi connectivity index (χ0v) is 14.9. The number of thioether (sulfide) groups is 1. The van der Waals surface area contributed by atoms with Crippen molar-refractivity contribution in [3.63, 3.8) is 0 Å². The number of nitrogens with zero attached hydrogens (tertiary/aromatic N) is 2. The van der Waals surface area contributed by atoms with Crippen molar-refractivity contribution in [2.75, 3.05) is 12.3 Å². The molecule has 0 aliphatic carbocycles. The fourth-order valence-corrected chi connectivity index (χ4v) is 3.72. The maximum atomic E-state index is 12.4. The van der Waals surface area contributed by atoms with Crippen LogP contribution in [-0.2, 0) is 9.59 Å². The number of nitro benzene ring substituents is 1. The maximum Gasteiger partial charge on any atom is 0.326 e. The van der Waals surface area contributed by atoms with Gasteiger partial charge in [0.2, 0.25) is 11.8 Å². The molecule has 1 heterocycles. The first-order chi connectivity index (χ1) is 12.2. The van der Waals surface area contributed by atoms with E-state index in [-0.39, 0.29) is 33.7 Å². The van der Waals surface area contributed by atoms with Gasteiger partial charge in [-0.1, -0.05) is 6.92 Å². The number of primary amides is 1. The number of carboxylic acids is 1. The van der Waals surface area contributed by atoms with E-state index in [0.717, 1.165) is 17.8 Å². The molecule has 9 nitrogen and oxygen atoms in total. The molecule has 2 unspecified atom stereocenters. The Morgan fingerprint density at radius 1 is 1.42 bits per heavy atom. The van der Waals surface area contributed by atoms with E-state index in [1.54, 1.807) is 0 Å². The molecule has 0 saturated carbocycles. The second kappa shape index (κ2) is 8.17. The average Bonchev–Trinajstić information content (AvgIpc) is 2.59. The summed E-state index contributed by atoms with van der Waals surface area (Å²) in [6, 6.07) is 2.91. The van der Waals surface area contributed by atoms with Gasteiger partial charge in [0.1, 0.15) is 6.04 Å². The molecule has 0 bridgehead atoms. The predicted octanol–water partition coefficient (Wildman–Crippen LogP) is 1.50. The van der Waals surface area contributed by atoms with Gasteiger partial charge in [0.15, 0.2) is 0 Å². The number of aliphatic carboxylic acids is 1. The van der Waals surface area contributed by atoms with Crippen LogP contribution < -0.4 is 5.73 Å². The number of carbonyl (C=O) groups excluding carboxylic acids is 2. The number of piperidine rings is 1. The lowest BCUT2D eigenvalue weighted by atomic mass is 9.92. The SMILES string of the molecule is CC1CCN(C(=O)CSc2ccc(C(N)=O)cc2[N+](=O)[O-])C(C(=O)O)C1. The Balaban J connectivity index is 2.12. The van der Waals surface area contributed by atoms with Gasteiger partial charge in [-0.3, -0.25) is 19.7 Å². The molecule has 1 aliphatic rings. The van der Waals surface area contributed by atoms with Gasteiger partial charge in [0.05, 0.1) is 15.6 Å².